The zero-order valence-electron chi connectivity index (χ0n) is 19.5. The molecule has 0 aromatic heterocycles. The molecule has 4 rings (SSSR count). The maximum absolute atomic E-state index is 14.7. The van der Waals surface area contributed by atoms with Gasteiger partial charge in [-0.3, -0.25) is 14.6 Å². The molecule has 1 amide bonds. The molecule has 186 valence electrons. The molecule has 1 unspecified atom stereocenters. The van der Waals surface area contributed by atoms with E-state index in [1.807, 2.05) is 30.3 Å². The van der Waals surface area contributed by atoms with Gasteiger partial charge in [0.05, 0.1) is 6.61 Å². The molecule has 0 radical (unpaired) electrons. The minimum Gasteiger partial charge on any atom is -0.372 e. The van der Waals surface area contributed by atoms with E-state index in [2.05, 4.69) is 20.9 Å². The van der Waals surface area contributed by atoms with Gasteiger partial charge in [-0.25, -0.2) is 19.3 Å². The van der Waals surface area contributed by atoms with Crippen LogP contribution in [0, 0.1) is 11.6 Å². The van der Waals surface area contributed by atoms with Gasteiger partial charge in [-0.15, -0.1) is 0 Å². The third kappa shape index (κ3) is 5.47. The summed E-state index contributed by atoms with van der Waals surface area (Å²) in [7, 11) is 1.43. The largest absolute Gasteiger partial charge is 0.372 e. The molecule has 0 saturated carbocycles. The first kappa shape index (κ1) is 25.1. The molecule has 8 nitrogen and oxygen atoms in total. The van der Waals surface area contributed by atoms with Gasteiger partial charge in [0.2, 0.25) is 5.96 Å². The standard InChI is InChI=1S/C24H27F2N5O3S/c1-16(33-2)22(32)31-24(17-7-4-3-5-8-17,11-14-34-30-23-27-12-6-13-28-23)35-21(29-31)19-15-18(25)9-10-20(19)26/h3-5,7-10,15-16H,6,11-14H2,1-2H3,(H2,27,28,30)/t16-,24?/m0/s1. The highest BCUT2D eigenvalue weighted by molar-refractivity contribution is 8.15. The Bertz CT molecular complexity index is 1120. The van der Waals surface area contributed by atoms with Crippen molar-refractivity contribution >= 4 is 28.7 Å². The third-order valence-corrected chi connectivity index (χ3v) is 7.15. The molecule has 0 bridgehead atoms. The maximum Gasteiger partial charge on any atom is 0.273 e. The second kappa shape index (κ2) is 11.1. The van der Waals surface area contributed by atoms with E-state index in [0.717, 1.165) is 36.7 Å². The lowest BCUT2D eigenvalue weighted by Gasteiger charge is -2.36. The Hall–Kier alpha value is -3.02. The van der Waals surface area contributed by atoms with E-state index in [1.54, 1.807) is 6.92 Å². The molecule has 2 aliphatic heterocycles. The lowest BCUT2D eigenvalue weighted by molar-refractivity contribution is -0.145. The number of hydrogen-bond donors (Lipinski definition) is 2. The summed E-state index contributed by atoms with van der Waals surface area (Å²) in [6, 6.07) is 12.5. The minimum atomic E-state index is -1.08. The molecule has 0 fully saturated rings. The number of carbonyl (C=O) groups excluding carboxylic acids is 1. The van der Waals surface area contributed by atoms with Crippen molar-refractivity contribution in [2.24, 2.45) is 10.1 Å². The Morgan fingerprint density at radius 2 is 2.09 bits per heavy atom. The monoisotopic (exact) mass is 503 g/mol. The lowest BCUT2D eigenvalue weighted by Crippen LogP contribution is -2.47. The normalized spacial score (nSPS) is 20.6. The van der Waals surface area contributed by atoms with E-state index in [4.69, 9.17) is 9.57 Å². The number of hydroxylamine groups is 1. The Balaban J connectivity index is 1.68. The Morgan fingerprint density at radius 1 is 1.29 bits per heavy atom. The molecule has 2 aromatic carbocycles. The number of rotatable bonds is 8. The number of thioether (sulfide) groups is 1. The van der Waals surface area contributed by atoms with Crippen LogP contribution in [-0.4, -0.2) is 54.8 Å². The molecule has 2 aliphatic rings. The van der Waals surface area contributed by atoms with Crippen molar-refractivity contribution in [2.75, 3.05) is 26.8 Å². The highest BCUT2D eigenvalue weighted by Gasteiger charge is 2.49. The first-order chi connectivity index (χ1) is 16.9. The Morgan fingerprint density at radius 3 is 2.80 bits per heavy atom. The number of hydrazone groups is 1. The topological polar surface area (TPSA) is 87.5 Å². The summed E-state index contributed by atoms with van der Waals surface area (Å²) >= 11 is 1.18. The predicted molar refractivity (Wildman–Crippen MR) is 131 cm³/mol. The maximum atomic E-state index is 14.7. The number of amides is 1. The number of hydrogen-bond acceptors (Lipinski definition) is 8. The number of benzene rings is 2. The fourth-order valence-electron chi connectivity index (χ4n) is 3.76. The summed E-state index contributed by atoms with van der Waals surface area (Å²) in [6.07, 6.45) is 0.428. The van der Waals surface area contributed by atoms with Crippen LogP contribution in [0.1, 0.15) is 30.9 Å². The number of guanidine groups is 1. The highest BCUT2D eigenvalue weighted by atomic mass is 32.2. The Kier molecular flexibility index (Phi) is 7.99. The van der Waals surface area contributed by atoms with Crippen LogP contribution in [0.2, 0.25) is 0 Å². The van der Waals surface area contributed by atoms with Crippen LogP contribution in [0.4, 0.5) is 8.78 Å². The van der Waals surface area contributed by atoms with Gasteiger partial charge in [-0.05, 0) is 37.1 Å². The molecule has 11 heteroatoms. The summed E-state index contributed by atoms with van der Waals surface area (Å²) in [5.74, 6) is -1.10. The second-order valence-corrected chi connectivity index (χ2v) is 9.29. The van der Waals surface area contributed by atoms with Crippen molar-refractivity contribution in [3.8, 4) is 0 Å². The molecular weight excluding hydrogens is 476 g/mol. The predicted octanol–water partition coefficient (Wildman–Crippen LogP) is 3.35. The third-order valence-electron chi connectivity index (χ3n) is 5.70. The number of methoxy groups -OCH3 is 1. The van der Waals surface area contributed by atoms with Crippen LogP contribution in [0.15, 0.2) is 58.6 Å². The number of aliphatic imine (C=N–C) groups is 1. The second-order valence-electron chi connectivity index (χ2n) is 8.02. The number of nitrogens with zero attached hydrogens (tertiary/aromatic N) is 3. The van der Waals surface area contributed by atoms with Gasteiger partial charge < -0.3 is 10.1 Å². The van der Waals surface area contributed by atoms with Gasteiger partial charge >= 0.3 is 0 Å². The minimum absolute atomic E-state index is 0.0181. The van der Waals surface area contributed by atoms with Gasteiger partial charge in [0, 0.05) is 32.2 Å². The zero-order valence-corrected chi connectivity index (χ0v) is 20.3. The number of carbonyl (C=O) groups is 1. The summed E-state index contributed by atoms with van der Waals surface area (Å²) in [5, 5.41) is 9.09. The van der Waals surface area contributed by atoms with Gasteiger partial charge in [-0.1, -0.05) is 42.1 Å². The van der Waals surface area contributed by atoms with E-state index in [0.29, 0.717) is 12.5 Å². The fourth-order valence-corrected chi connectivity index (χ4v) is 5.12. The van der Waals surface area contributed by atoms with Gasteiger partial charge in [0.25, 0.3) is 5.91 Å². The van der Waals surface area contributed by atoms with Crippen molar-refractivity contribution in [1.82, 2.24) is 15.8 Å². The summed E-state index contributed by atoms with van der Waals surface area (Å²) < 4.78 is 34.0. The van der Waals surface area contributed by atoms with E-state index in [9.17, 15) is 13.6 Å². The van der Waals surface area contributed by atoms with Gasteiger partial charge in [-0.2, -0.15) is 5.10 Å². The fraction of sp³-hybridized carbons (Fsp3) is 0.375. The van der Waals surface area contributed by atoms with Crippen molar-refractivity contribution in [1.29, 1.82) is 0 Å². The summed E-state index contributed by atoms with van der Waals surface area (Å²) in [5.41, 5.74) is 3.55. The number of ether oxygens (including phenoxy) is 1. The van der Waals surface area contributed by atoms with Crippen molar-refractivity contribution < 1.29 is 23.1 Å². The van der Waals surface area contributed by atoms with Crippen molar-refractivity contribution in [2.45, 2.75) is 30.7 Å². The van der Waals surface area contributed by atoms with Crippen LogP contribution >= 0.6 is 11.8 Å². The first-order valence-electron chi connectivity index (χ1n) is 11.3. The van der Waals surface area contributed by atoms with E-state index in [-0.39, 0.29) is 23.6 Å². The van der Waals surface area contributed by atoms with Crippen LogP contribution in [0.5, 0.6) is 0 Å². The molecule has 2 heterocycles. The molecule has 35 heavy (non-hydrogen) atoms. The molecule has 0 aliphatic carbocycles. The number of halogens is 2. The smallest absolute Gasteiger partial charge is 0.273 e. The molecule has 0 saturated heterocycles. The molecule has 2 atom stereocenters. The number of nitrogens with one attached hydrogen (secondary N) is 2. The average Bonchev–Trinajstić information content (AvgIpc) is 3.28. The molecule has 2 aromatic rings. The van der Waals surface area contributed by atoms with Crippen molar-refractivity contribution in [3.63, 3.8) is 0 Å². The van der Waals surface area contributed by atoms with Gasteiger partial charge in [0.15, 0.2) is 0 Å². The van der Waals surface area contributed by atoms with E-state index >= 15 is 0 Å². The molecular formula is C24H27F2N5O3S. The first-order valence-corrected chi connectivity index (χ1v) is 12.1. The van der Waals surface area contributed by atoms with E-state index in [1.165, 1.54) is 23.9 Å². The SMILES string of the molecule is CO[C@@H](C)C(=O)N1N=C(c2cc(F)ccc2F)SC1(CCONC1=NCCCN1)c1ccccc1. The Labute approximate surface area is 206 Å². The summed E-state index contributed by atoms with van der Waals surface area (Å²) in [4.78, 5) is 22.3. The average molecular weight is 504 g/mol. The summed E-state index contributed by atoms with van der Waals surface area (Å²) in [6.45, 7) is 3.29. The zero-order chi connectivity index (χ0) is 24.8. The quantitative estimate of drug-likeness (QED) is 0.425. The van der Waals surface area contributed by atoms with Crippen LogP contribution in [0.25, 0.3) is 0 Å². The van der Waals surface area contributed by atoms with E-state index < -0.39 is 28.5 Å². The van der Waals surface area contributed by atoms with Crippen molar-refractivity contribution in [3.05, 3.63) is 71.3 Å². The van der Waals surface area contributed by atoms with Gasteiger partial charge in [0.1, 0.15) is 27.7 Å². The van der Waals surface area contributed by atoms with Crippen LogP contribution in [0.3, 0.4) is 0 Å². The van der Waals surface area contributed by atoms with Crippen LogP contribution < -0.4 is 10.8 Å². The molecule has 0 spiro atoms. The lowest BCUT2D eigenvalue weighted by atomic mass is 10.0. The molecule has 2 N–H and O–H groups in total. The van der Waals surface area contributed by atoms with Crippen LogP contribution in [-0.2, 0) is 19.2 Å². The highest BCUT2D eigenvalue weighted by Crippen LogP contribution is 2.50.